The van der Waals surface area contributed by atoms with E-state index in [-0.39, 0.29) is 12.4 Å². The lowest BCUT2D eigenvalue weighted by Gasteiger charge is -2.06. The first-order valence-electron chi connectivity index (χ1n) is 5.14. The lowest BCUT2D eigenvalue weighted by Crippen LogP contribution is -2.06. The van der Waals surface area contributed by atoms with E-state index >= 15 is 0 Å². The number of pyridine rings is 1. The minimum atomic E-state index is -1.02. The van der Waals surface area contributed by atoms with Crippen LogP contribution in [0.4, 0.5) is 0 Å². The van der Waals surface area contributed by atoms with Crippen molar-refractivity contribution < 1.29 is 19.4 Å². The van der Waals surface area contributed by atoms with Crippen LogP contribution in [-0.2, 0) is 4.74 Å². The van der Waals surface area contributed by atoms with Gasteiger partial charge in [0.05, 0.1) is 18.4 Å². The van der Waals surface area contributed by atoms with E-state index < -0.39 is 5.97 Å². The molecule has 0 spiro atoms. The Labute approximate surface area is 93.0 Å². The first kappa shape index (κ1) is 10.9. The summed E-state index contributed by atoms with van der Waals surface area (Å²) in [5.41, 5.74) is 0.111. The molecule has 1 aliphatic carbocycles. The number of ether oxygens (including phenoxy) is 2. The molecule has 0 atom stereocenters. The number of aromatic carboxylic acids is 1. The molecular weight excluding hydrogens is 210 g/mol. The first-order chi connectivity index (χ1) is 7.75. The molecule has 0 aliphatic heterocycles. The van der Waals surface area contributed by atoms with Crippen LogP contribution in [0.5, 0.6) is 5.75 Å². The van der Waals surface area contributed by atoms with Crippen LogP contribution in [0.2, 0.25) is 0 Å². The largest absolute Gasteiger partial charge is 0.478 e. The third-order valence-electron chi connectivity index (χ3n) is 2.32. The van der Waals surface area contributed by atoms with E-state index in [4.69, 9.17) is 14.6 Å². The second-order valence-electron chi connectivity index (χ2n) is 3.79. The van der Waals surface area contributed by atoms with Crippen LogP contribution in [0.1, 0.15) is 23.2 Å². The van der Waals surface area contributed by atoms with Gasteiger partial charge in [-0.05, 0) is 24.8 Å². The zero-order valence-electron chi connectivity index (χ0n) is 8.76. The minimum Gasteiger partial charge on any atom is -0.478 e. The van der Waals surface area contributed by atoms with Gasteiger partial charge in [0.1, 0.15) is 5.75 Å². The summed E-state index contributed by atoms with van der Waals surface area (Å²) in [7, 11) is 0. The molecular formula is C11H13NO4. The Balaban J connectivity index is 1.78. The number of hydrogen-bond acceptors (Lipinski definition) is 4. The Morgan fingerprint density at radius 3 is 3.00 bits per heavy atom. The van der Waals surface area contributed by atoms with Gasteiger partial charge in [-0.1, -0.05) is 0 Å². The summed E-state index contributed by atoms with van der Waals surface area (Å²) in [6, 6.07) is 1.43. The Morgan fingerprint density at radius 2 is 2.31 bits per heavy atom. The summed E-state index contributed by atoms with van der Waals surface area (Å²) < 4.78 is 10.5. The van der Waals surface area contributed by atoms with E-state index in [1.807, 2.05) is 0 Å². The standard InChI is InChI=1S/C11H13NO4/c13-11(14)9-3-10(5-12-4-9)16-7-15-6-8-1-2-8/h3-5,8H,1-2,6-7H2,(H,13,14). The Bertz CT molecular complexity index is 376. The highest BCUT2D eigenvalue weighted by Crippen LogP contribution is 2.28. The molecule has 16 heavy (non-hydrogen) atoms. The van der Waals surface area contributed by atoms with Gasteiger partial charge >= 0.3 is 5.97 Å². The third kappa shape index (κ3) is 3.20. The molecule has 0 bridgehead atoms. The van der Waals surface area contributed by atoms with Gasteiger partial charge in [0, 0.05) is 6.20 Å². The van der Waals surface area contributed by atoms with Crippen LogP contribution in [0.25, 0.3) is 0 Å². The summed E-state index contributed by atoms with van der Waals surface area (Å²) in [5, 5.41) is 8.74. The van der Waals surface area contributed by atoms with Gasteiger partial charge in [-0.2, -0.15) is 0 Å². The average molecular weight is 223 g/mol. The molecule has 5 heteroatoms. The molecule has 1 heterocycles. The van der Waals surface area contributed by atoms with Gasteiger partial charge in [0.15, 0.2) is 6.79 Å². The van der Waals surface area contributed by atoms with Crippen molar-refractivity contribution in [2.75, 3.05) is 13.4 Å². The number of carboxylic acids is 1. The Kier molecular flexibility index (Phi) is 3.36. The number of rotatable bonds is 6. The molecule has 1 aromatic heterocycles. The molecule has 0 unspecified atom stereocenters. The van der Waals surface area contributed by atoms with Crippen molar-refractivity contribution in [3.8, 4) is 5.75 Å². The molecule has 86 valence electrons. The maximum atomic E-state index is 10.7. The number of nitrogens with zero attached hydrogens (tertiary/aromatic N) is 1. The molecule has 1 aliphatic rings. The van der Waals surface area contributed by atoms with Gasteiger partial charge < -0.3 is 14.6 Å². The monoisotopic (exact) mass is 223 g/mol. The molecule has 1 saturated carbocycles. The highest BCUT2D eigenvalue weighted by molar-refractivity contribution is 5.87. The summed E-state index contributed by atoms with van der Waals surface area (Å²) in [4.78, 5) is 14.4. The van der Waals surface area contributed by atoms with Gasteiger partial charge in [0.2, 0.25) is 0 Å². The summed E-state index contributed by atoms with van der Waals surface area (Å²) in [5.74, 6) is 0.0830. The van der Waals surface area contributed by atoms with Crippen LogP contribution >= 0.6 is 0 Å². The normalized spacial score (nSPS) is 14.8. The fraction of sp³-hybridized carbons (Fsp3) is 0.455. The van der Waals surface area contributed by atoms with Crippen LogP contribution in [-0.4, -0.2) is 29.5 Å². The number of carbonyl (C=O) groups is 1. The number of hydrogen-bond donors (Lipinski definition) is 1. The van der Waals surface area contributed by atoms with Gasteiger partial charge in [0.25, 0.3) is 0 Å². The minimum absolute atomic E-state index is 0.111. The molecule has 0 radical (unpaired) electrons. The van der Waals surface area contributed by atoms with Gasteiger partial charge in [-0.15, -0.1) is 0 Å². The highest BCUT2D eigenvalue weighted by Gasteiger charge is 2.21. The van der Waals surface area contributed by atoms with E-state index in [0.717, 1.165) is 0 Å². The van der Waals surface area contributed by atoms with Crippen molar-refractivity contribution in [1.82, 2.24) is 4.98 Å². The molecule has 5 nitrogen and oxygen atoms in total. The SMILES string of the molecule is O=C(O)c1cncc(OCOCC2CC2)c1. The van der Waals surface area contributed by atoms with Crippen molar-refractivity contribution in [3.63, 3.8) is 0 Å². The summed E-state index contributed by atoms with van der Waals surface area (Å²) in [6.45, 7) is 0.854. The fourth-order valence-corrected chi connectivity index (χ4v) is 1.22. The zero-order valence-corrected chi connectivity index (χ0v) is 8.76. The van der Waals surface area contributed by atoms with E-state index in [0.29, 0.717) is 18.3 Å². The van der Waals surface area contributed by atoms with Crippen molar-refractivity contribution in [2.45, 2.75) is 12.8 Å². The van der Waals surface area contributed by atoms with Crippen molar-refractivity contribution in [1.29, 1.82) is 0 Å². The molecule has 1 aromatic rings. The Hall–Kier alpha value is -1.62. The third-order valence-corrected chi connectivity index (χ3v) is 2.32. The van der Waals surface area contributed by atoms with Crippen molar-refractivity contribution in [3.05, 3.63) is 24.0 Å². The van der Waals surface area contributed by atoms with Crippen molar-refractivity contribution in [2.24, 2.45) is 5.92 Å². The van der Waals surface area contributed by atoms with E-state index in [1.165, 1.54) is 31.3 Å². The van der Waals surface area contributed by atoms with Crippen molar-refractivity contribution >= 4 is 5.97 Å². The van der Waals surface area contributed by atoms with Gasteiger partial charge in [-0.25, -0.2) is 4.79 Å². The lowest BCUT2D eigenvalue weighted by atomic mass is 10.3. The van der Waals surface area contributed by atoms with Gasteiger partial charge in [-0.3, -0.25) is 4.98 Å². The summed E-state index contributed by atoms with van der Waals surface area (Å²) >= 11 is 0. The smallest absolute Gasteiger partial charge is 0.337 e. The maximum Gasteiger partial charge on any atom is 0.337 e. The molecule has 2 rings (SSSR count). The van der Waals surface area contributed by atoms with Crippen LogP contribution in [0.15, 0.2) is 18.5 Å². The lowest BCUT2D eigenvalue weighted by molar-refractivity contribution is 0.00968. The number of carboxylic acid groups (broad SMARTS) is 1. The second kappa shape index (κ2) is 4.94. The molecule has 0 aromatic carbocycles. The first-order valence-corrected chi connectivity index (χ1v) is 5.14. The highest BCUT2D eigenvalue weighted by atomic mass is 16.7. The van der Waals surface area contributed by atoms with Crippen LogP contribution in [0, 0.1) is 5.92 Å². The van der Waals surface area contributed by atoms with Crippen LogP contribution in [0.3, 0.4) is 0 Å². The predicted octanol–water partition coefficient (Wildman–Crippen LogP) is 1.54. The molecule has 0 amide bonds. The zero-order chi connectivity index (χ0) is 11.4. The average Bonchev–Trinajstić information content (AvgIpc) is 3.09. The number of aromatic nitrogens is 1. The van der Waals surface area contributed by atoms with E-state index in [2.05, 4.69) is 4.98 Å². The molecule has 1 N–H and O–H groups in total. The Morgan fingerprint density at radius 1 is 1.50 bits per heavy atom. The second-order valence-corrected chi connectivity index (χ2v) is 3.79. The molecule has 0 saturated heterocycles. The fourth-order valence-electron chi connectivity index (χ4n) is 1.22. The van der Waals surface area contributed by atoms with E-state index in [1.54, 1.807) is 0 Å². The molecule has 1 fully saturated rings. The quantitative estimate of drug-likeness (QED) is 0.585. The predicted molar refractivity (Wildman–Crippen MR) is 55.4 cm³/mol. The maximum absolute atomic E-state index is 10.7. The summed E-state index contributed by atoms with van der Waals surface area (Å²) in [6.07, 6.45) is 5.21. The van der Waals surface area contributed by atoms with E-state index in [9.17, 15) is 4.79 Å². The topological polar surface area (TPSA) is 68.7 Å². The van der Waals surface area contributed by atoms with Crippen LogP contribution < -0.4 is 4.74 Å².